The van der Waals surface area contributed by atoms with Crippen LogP contribution in [-0.4, -0.2) is 14.5 Å². The second-order valence-corrected chi connectivity index (χ2v) is 5.87. The van der Waals surface area contributed by atoms with Crippen LogP contribution in [0.15, 0.2) is 24.3 Å². The predicted octanol–water partition coefficient (Wildman–Crippen LogP) is 3.30. The Kier molecular flexibility index (Phi) is 4.53. The van der Waals surface area contributed by atoms with Gasteiger partial charge in [-0.15, -0.1) is 0 Å². The van der Waals surface area contributed by atoms with Crippen molar-refractivity contribution >= 4 is 28.2 Å². The molecule has 0 unspecified atom stereocenters. The van der Waals surface area contributed by atoms with E-state index in [1.165, 1.54) is 11.9 Å². The minimum absolute atomic E-state index is 0.500. The zero-order valence-electron chi connectivity index (χ0n) is 11.6. The van der Waals surface area contributed by atoms with E-state index in [2.05, 4.69) is 29.5 Å². The number of nitrogens with zero attached hydrogens (tertiary/aromatic N) is 2. The lowest BCUT2D eigenvalue weighted by Gasteiger charge is -2.10. The molecule has 2 aromatic rings. The van der Waals surface area contributed by atoms with Gasteiger partial charge in [0.05, 0.1) is 22.4 Å². The van der Waals surface area contributed by atoms with Crippen LogP contribution in [0.3, 0.4) is 0 Å². The molecule has 0 bridgehead atoms. The molecular formula is C15H21N3S. The number of imidazole rings is 1. The Hall–Kier alpha value is -1.42. The van der Waals surface area contributed by atoms with E-state index in [-0.39, 0.29) is 0 Å². The van der Waals surface area contributed by atoms with Crippen LogP contribution in [0, 0.1) is 5.92 Å². The van der Waals surface area contributed by atoms with Crippen LogP contribution in [0.5, 0.6) is 0 Å². The molecule has 2 N–H and O–H groups in total. The maximum absolute atomic E-state index is 5.67. The molecular weight excluding hydrogens is 254 g/mol. The molecule has 0 atom stereocenters. The van der Waals surface area contributed by atoms with Crippen molar-refractivity contribution in [2.24, 2.45) is 11.7 Å². The van der Waals surface area contributed by atoms with E-state index in [1.54, 1.807) is 0 Å². The highest BCUT2D eigenvalue weighted by atomic mass is 32.1. The van der Waals surface area contributed by atoms with Crippen molar-refractivity contribution in [2.75, 3.05) is 0 Å². The van der Waals surface area contributed by atoms with Crippen LogP contribution in [-0.2, 0) is 13.0 Å². The van der Waals surface area contributed by atoms with Gasteiger partial charge >= 0.3 is 0 Å². The molecule has 0 saturated carbocycles. The van der Waals surface area contributed by atoms with Gasteiger partial charge in [0.25, 0.3) is 0 Å². The molecule has 1 aromatic heterocycles. The molecule has 0 spiro atoms. The Morgan fingerprint density at radius 3 is 2.79 bits per heavy atom. The summed E-state index contributed by atoms with van der Waals surface area (Å²) in [6, 6.07) is 8.21. The average Bonchev–Trinajstić information content (AvgIpc) is 2.66. The van der Waals surface area contributed by atoms with E-state index in [9.17, 15) is 0 Å². The highest BCUT2D eigenvalue weighted by Gasteiger charge is 2.11. The van der Waals surface area contributed by atoms with Gasteiger partial charge in [-0.25, -0.2) is 4.98 Å². The van der Waals surface area contributed by atoms with Crippen LogP contribution in [0.1, 0.15) is 32.5 Å². The number of fused-ring (bicyclic) bond motifs is 1. The molecule has 0 aliphatic heterocycles. The number of aromatic nitrogens is 2. The molecule has 1 aromatic carbocycles. The number of aryl methyl sites for hydroxylation is 1. The fraction of sp³-hybridized carbons (Fsp3) is 0.467. The van der Waals surface area contributed by atoms with Crippen molar-refractivity contribution in [3.05, 3.63) is 30.1 Å². The Labute approximate surface area is 119 Å². The van der Waals surface area contributed by atoms with Crippen LogP contribution in [0.2, 0.25) is 0 Å². The molecule has 0 amide bonds. The summed E-state index contributed by atoms with van der Waals surface area (Å²) in [6.45, 7) is 5.49. The molecule has 0 aliphatic rings. The molecule has 0 fully saturated rings. The molecule has 3 nitrogen and oxygen atoms in total. The fourth-order valence-electron chi connectivity index (χ4n) is 2.32. The van der Waals surface area contributed by atoms with Crippen molar-refractivity contribution in [2.45, 2.75) is 39.7 Å². The normalized spacial score (nSPS) is 11.3. The first kappa shape index (κ1) is 14.0. The first-order valence-electron chi connectivity index (χ1n) is 6.80. The third-order valence-corrected chi connectivity index (χ3v) is 3.37. The summed E-state index contributed by atoms with van der Waals surface area (Å²) in [7, 11) is 0. The van der Waals surface area contributed by atoms with Gasteiger partial charge in [-0.05, 0) is 30.9 Å². The lowest BCUT2D eigenvalue weighted by atomic mass is 10.1. The topological polar surface area (TPSA) is 43.8 Å². The van der Waals surface area contributed by atoms with Crippen LogP contribution >= 0.6 is 12.2 Å². The third kappa shape index (κ3) is 3.53. The lowest BCUT2D eigenvalue weighted by molar-refractivity contribution is 0.511. The average molecular weight is 275 g/mol. The van der Waals surface area contributed by atoms with E-state index in [0.717, 1.165) is 30.2 Å². The van der Waals surface area contributed by atoms with Gasteiger partial charge in [-0.1, -0.05) is 38.2 Å². The molecule has 0 radical (unpaired) electrons. The number of nitrogens with two attached hydrogens (primary N) is 1. The molecule has 2 rings (SSSR count). The van der Waals surface area contributed by atoms with Gasteiger partial charge in [0, 0.05) is 6.54 Å². The Bertz CT molecular complexity index is 572. The molecule has 102 valence electrons. The zero-order valence-corrected chi connectivity index (χ0v) is 12.4. The summed E-state index contributed by atoms with van der Waals surface area (Å²) >= 11 is 5.02. The number of hydrogen-bond acceptors (Lipinski definition) is 2. The number of hydrogen-bond donors (Lipinski definition) is 1. The largest absolute Gasteiger partial charge is 0.393 e. The van der Waals surface area contributed by atoms with Crippen molar-refractivity contribution in [3.63, 3.8) is 0 Å². The number of rotatable bonds is 6. The third-order valence-electron chi connectivity index (χ3n) is 3.23. The SMILES string of the molecule is CC(C)CCCn1c(CC(N)=S)nc2ccccc21. The van der Waals surface area contributed by atoms with E-state index in [0.29, 0.717) is 11.4 Å². The van der Waals surface area contributed by atoms with Crippen LogP contribution in [0.4, 0.5) is 0 Å². The van der Waals surface area contributed by atoms with Crippen molar-refractivity contribution in [1.29, 1.82) is 0 Å². The van der Waals surface area contributed by atoms with E-state index >= 15 is 0 Å². The van der Waals surface area contributed by atoms with Gasteiger partial charge in [0.1, 0.15) is 5.82 Å². The van der Waals surface area contributed by atoms with Gasteiger partial charge in [0.15, 0.2) is 0 Å². The number of para-hydroxylation sites is 2. The summed E-state index contributed by atoms with van der Waals surface area (Å²) in [5.74, 6) is 1.71. The summed E-state index contributed by atoms with van der Waals surface area (Å²) in [4.78, 5) is 5.15. The second kappa shape index (κ2) is 6.15. The maximum atomic E-state index is 5.67. The number of thiocarbonyl (C=S) groups is 1. The zero-order chi connectivity index (χ0) is 13.8. The van der Waals surface area contributed by atoms with E-state index in [4.69, 9.17) is 18.0 Å². The fourth-order valence-corrected chi connectivity index (χ4v) is 2.45. The van der Waals surface area contributed by atoms with Gasteiger partial charge in [0.2, 0.25) is 0 Å². The summed E-state index contributed by atoms with van der Waals surface area (Å²) in [5, 5.41) is 0. The van der Waals surface area contributed by atoms with E-state index in [1.807, 2.05) is 18.2 Å². The smallest absolute Gasteiger partial charge is 0.116 e. The Morgan fingerprint density at radius 2 is 2.11 bits per heavy atom. The molecule has 0 aliphatic carbocycles. The van der Waals surface area contributed by atoms with Gasteiger partial charge < -0.3 is 10.3 Å². The van der Waals surface area contributed by atoms with Crippen LogP contribution in [0.25, 0.3) is 11.0 Å². The molecule has 0 saturated heterocycles. The summed E-state index contributed by atoms with van der Waals surface area (Å²) in [5.41, 5.74) is 7.87. The minimum Gasteiger partial charge on any atom is -0.393 e. The lowest BCUT2D eigenvalue weighted by Crippen LogP contribution is -2.15. The molecule has 19 heavy (non-hydrogen) atoms. The highest BCUT2D eigenvalue weighted by Crippen LogP contribution is 2.18. The second-order valence-electron chi connectivity index (χ2n) is 5.35. The van der Waals surface area contributed by atoms with Crippen molar-refractivity contribution < 1.29 is 0 Å². The first-order valence-corrected chi connectivity index (χ1v) is 7.21. The molecule has 4 heteroatoms. The quantitative estimate of drug-likeness (QED) is 0.823. The van der Waals surface area contributed by atoms with Gasteiger partial charge in [-0.3, -0.25) is 0 Å². The monoisotopic (exact) mass is 275 g/mol. The predicted molar refractivity (Wildman–Crippen MR) is 84.3 cm³/mol. The number of benzene rings is 1. The first-order chi connectivity index (χ1) is 9.08. The highest BCUT2D eigenvalue weighted by molar-refractivity contribution is 7.80. The van der Waals surface area contributed by atoms with Crippen molar-refractivity contribution in [3.8, 4) is 0 Å². The van der Waals surface area contributed by atoms with Crippen LogP contribution < -0.4 is 5.73 Å². The minimum atomic E-state index is 0.500. The standard InChI is InChI=1S/C15H21N3S/c1-11(2)6-5-9-18-13-8-4-3-7-12(13)17-15(18)10-14(16)19/h3-4,7-8,11H,5-6,9-10H2,1-2H3,(H2,16,19). The van der Waals surface area contributed by atoms with E-state index < -0.39 is 0 Å². The van der Waals surface area contributed by atoms with Crippen molar-refractivity contribution in [1.82, 2.24) is 9.55 Å². The summed E-state index contributed by atoms with van der Waals surface area (Å²) in [6.07, 6.45) is 2.95. The Morgan fingerprint density at radius 1 is 1.37 bits per heavy atom. The maximum Gasteiger partial charge on any atom is 0.116 e. The molecule has 1 heterocycles. The Balaban J connectivity index is 2.28. The van der Waals surface area contributed by atoms with Gasteiger partial charge in [-0.2, -0.15) is 0 Å². The summed E-state index contributed by atoms with van der Waals surface area (Å²) < 4.78 is 2.26.